The number of hydrogen-bond acceptors (Lipinski definition) is 3. The molecule has 0 unspecified atom stereocenters. The molecule has 0 spiro atoms. The molecule has 0 bridgehead atoms. The van der Waals surface area contributed by atoms with Gasteiger partial charge in [0.15, 0.2) is 0 Å². The average Bonchev–Trinajstić information content (AvgIpc) is 2.89. The van der Waals surface area contributed by atoms with E-state index in [9.17, 15) is 8.42 Å². The van der Waals surface area contributed by atoms with Crippen molar-refractivity contribution < 1.29 is 8.42 Å². The maximum absolute atomic E-state index is 12.6. The SMILES string of the molecule is CCCCCN(C)S(=O)(=O)c1cc(CNCC)n(CC)c1. The lowest BCUT2D eigenvalue weighted by molar-refractivity contribution is 0.454. The molecule has 21 heavy (non-hydrogen) atoms. The van der Waals surface area contributed by atoms with Gasteiger partial charge in [-0.1, -0.05) is 26.7 Å². The maximum atomic E-state index is 12.6. The third-order valence-corrected chi connectivity index (χ3v) is 5.46. The molecule has 1 N–H and O–H groups in total. The van der Waals surface area contributed by atoms with E-state index in [0.29, 0.717) is 18.0 Å². The van der Waals surface area contributed by atoms with Gasteiger partial charge < -0.3 is 9.88 Å². The molecule has 6 heteroatoms. The first-order valence-electron chi connectivity index (χ1n) is 7.83. The monoisotopic (exact) mass is 315 g/mol. The van der Waals surface area contributed by atoms with Crippen LogP contribution in [0.15, 0.2) is 17.2 Å². The van der Waals surface area contributed by atoms with Crippen LogP contribution in [-0.4, -0.2) is 37.4 Å². The summed E-state index contributed by atoms with van der Waals surface area (Å²) in [5.41, 5.74) is 1.01. The second-order valence-corrected chi connectivity index (χ2v) is 7.31. The standard InChI is InChI=1S/C15H29N3O2S/c1-5-8-9-10-17(4)21(19,20)15-11-14(12-16-6-2)18(7-3)13-15/h11,13,16H,5-10,12H2,1-4H3. The molecule has 1 rings (SSSR count). The summed E-state index contributed by atoms with van der Waals surface area (Å²) in [7, 11) is -1.71. The lowest BCUT2D eigenvalue weighted by Crippen LogP contribution is -2.27. The molecule has 0 saturated carbocycles. The molecule has 0 fully saturated rings. The van der Waals surface area contributed by atoms with Crippen molar-refractivity contribution in [3.63, 3.8) is 0 Å². The van der Waals surface area contributed by atoms with Gasteiger partial charge in [0.1, 0.15) is 4.90 Å². The van der Waals surface area contributed by atoms with E-state index >= 15 is 0 Å². The number of nitrogens with zero attached hydrogens (tertiary/aromatic N) is 2. The molecule has 0 aliphatic rings. The molecule has 0 aliphatic heterocycles. The molecule has 1 aromatic rings. The van der Waals surface area contributed by atoms with Crippen LogP contribution in [-0.2, 0) is 23.1 Å². The third kappa shape index (κ3) is 4.83. The Morgan fingerprint density at radius 2 is 1.95 bits per heavy atom. The van der Waals surface area contributed by atoms with Crippen LogP contribution in [0.4, 0.5) is 0 Å². The zero-order chi connectivity index (χ0) is 15.9. The van der Waals surface area contributed by atoms with Crippen molar-refractivity contribution in [3.05, 3.63) is 18.0 Å². The van der Waals surface area contributed by atoms with Gasteiger partial charge in [-0.25, -0.2) is 12.7 Å². The van der Waals surface area contributed by atoms with Gasteiger partial charge in [-0.15, -0.1) is 0 Å². The molecule has 5 nitrogen and oxygen atoms in total. The molecular weight excluding hydrogens is 286 g/mol. The Bertz CT molecular complexity index is 523. The van der Waals surface area contributed by atoms with E-state index in [4.69, 9.17) is 0 Å². The Labute approximate surface area is 129 Å². The third-order valence-electron chi connectivity index (χ3n) is 3.64. The van der Waals surface area contributed by atoms with Gasteiger partial charge in [0, 0.05) is 38.6 Å². The molecule has 0 radical (unpaired) electrons. The number of unbranched alkanes of at least 4 members (excludes halogenated alkanes) is 2. The summed E-state index contributed by atoms with van der Waals surface area (Å²) in [6.07, 6.45) is 4.80. The second-order valence-electron chi connectivity index (χ2n) is 5.27. The molecule has 0 saturated heterocycles. The van der Waals surface area contributed by atoms with E-state index < -0.39 is 10.0 Å². The van der Waals surface area contributed by atoms with Crippen molar-refractivity contribution in [1.82, 2.24) is 14.2 Å². The van der Waals surface area contributed by atoms with Crippen molar-refractivity contribution in [2.45, 2.75) is 58.0 Å². The first-order chi connectivity index (χ1) is 9.97. The number of nitrogens with one attached hydrogen (secondary N) is 1. The highest BCUT2D eigenvalue weighted by Crippen LogP contribution is 2.19. The quantitative estimate of drug-likeness (QED) is 0.675. The van der Waals surface area contributed by atoms with Crippen LogP contribution in [0, 0.1) is 0 Å². The molecule has 0 aliphatic carbocycles. The molecular formula is C15H29N3O2S. The van der Waals surface area contributed by atoms with Crippen LogP contribution in [0.5, 0.6) is 0 Å². The fourth-order valence-corrected chi connectivity index (χ4v) is 3.52. The Kier molecular flexibility index (Phi) is 7.42. The van der Waals surface area contributed by atoms with Gasteiger partial charge in [0.25, 0.3) is 0 Å². The van der Waals surface area contributed by atoms with Crippen molar-refractivity contribution in [2.75, 3.05) is 20.1 Å². The lowest BCUT2D eigenvalue weighted by atomic mass is 10.2. The Hall–Kier alpha value is -0.850. The van der Waals surface area contributed by atoms with Crippen LogP contribution in [0.2, 0.25) is 0 Å². The molecule has 0 amide bonds. The summed E-state index contributed by atoms with van der Waals surface area (Å²) in [5, 5.41) is 3.25. The van der Waals surface area contributed by atoms with Gasteiger partial charge in [-0.3, -0.25) is 0 Å². The van der Waals surface area contributed by atoms with Crippen LogP contribution >= 0.6 is 0 Å². The fraction of sp³-hybridized carbons (Fsp3) is 0.733. The summed E-state index contributed by atoms with van der Waals surface area (Å²) in [6.45, 7) is 9.09. The van der Waals surface area contributed by atoms with Crippen LogP contribution in [0.25, 0.3) is 0 Å². The maximum Gasteiger partial charge on any atom is 0.244 e. The van der Waals surface area contributed by atoms with Crippen LogP contribution in [0.1, 0.15) is 45.7 Å². The zero-order valence-corrected chi connectivity index (χ0v) is 14.5. The molecule has 1 aromatic heterocycles. The van der Waals surface area contributed by atoms with Gasteiger partial charge in [0.05, 0.1) is 0 Å². The minimum absolute atomic E-state index is 0.399. The average molecular weight is 315 g/mol. The topological polar surface area (TPSA) is 54.3 Å². The number of hydrogen-bond donors (Lipinski definition) is 1. The smallest absolute Gasteiger partial charge is 0.244 e. The van der Waals surface area contributed by atoms with Crippen LogP contribution in [0.3, 0.4) is 0 Å². The Balaban J connectivity index is 2.89. The summed E-state index contributed by atoms with van der Waals surface area (Å²) in [4.78, 5) is 0.399. The summed E-state index contributed by atoms with van der Waals surface area (Å²) < 4.78 is 28.6. The second kappa shape index (κ2) is 8.56. The van der Waals surface area contributed by atoms with E-state index in [-0.39, 0.29) is 0 Å². The normalized spacial score (nSPS) is 12.2. The molecule has 122 valence electrons. The lowest BCUT2D eigenvalue weighted by Gasteiger charge is -2.15. The van der Waals surface area contributed by atoms with E-state index in [1.165, 1.54) is 4.31 Å². The van der Waals surface area contributed by atoms with Crippen molar-refractivity contribution >= 4 is 10.0 Å². The number of sulfonamides is 1. The summed E-state index contributed by atoms with van der Waals surface area (Å²) in [5.74, 6) is 0. The summed E-state index contributed by atoms with van der Waals surface area (Å²) >= 11 is 0. The Morgan fingerprint density at radius 3 is 2.52 bits per heavy atom. The highest BCUT2D eigenvalue weighted by molar-refractivity contribution is 7.89. The fourth-order valence-electron chi connectivity index (χ4n) is 2.25. The highest BCUT2D eigenvalue weighted by atomic mass is 32.2. The molecule has 1 heterocycles. The van der Waals surface area contributed by atoms with Gasteiger partial charge in [-0.2, -0.15) is 0 Å². The predicted molar refractivity (Wildman–Crippen MR) is 86.8 cm³/mol. The number of aromatic nitrogens is 1. The predicted octanol–water partition coefficient (Wildman–Crippen LogP) is 2.43. The minimum atomic E-state index is -3.37. The number of aryl methyl sites for hydroxylation is 1. The van der Waals surface area contributed by atoms with E-state index in [0.717, 1.165) is 38.0 Å². The van der Waals surface area contributed by atoms with E-state index in [1.54, 1.807) is 19.3 Å². The number of rotatable bonds is 10. The molecule has 0 atom stereocenters. The van der Waals surface area contributed by atoms with Gasteiger partial charge in [-0.05, 0) is 26.0 Å². The highest BCUT2D eigenvalue weighted by Gasteiger charge is 2.22. The van der Waals surface area contributed by atoms with Crippen LogP contribution < -0.4 is 5.32 Å². The van der Waals surface area contributed by atoms with Gasteiger partial charge in [0.2, 0.25) is 10.0 Å². The van der Waals surface area contributed by atoms with Gasteiger partial charge >= 0.3 is 0 Å². The minimum Gasteiger partial charge on any atom is -0.349 e. The first-order valence-corrected chi connectivity index (χ1v) is 9.27. The van der Waals surface area contributed by atoms with Crippen molar-refractivity contribution in [1.29, 1.82) is 0 Å². The first kappa shape index (κ1) is 18.2. The van der Waals surface area contributed by atoms with E-state index in [2.05, 4.69) is 12.2 Å². The molecule has 0 aromatic carbocycles. The summed E-state index contributed by atoms with van der Waals surface area (Å²) in [6, 6.07) is 1.79. The zero-order valence-electron chi connectivity index (χ0n) is 13.7. The van der Waals surface area contributed by atoms with Crippen molar-refractivity contribution in [2.24, 2.45) is 0 Å². The Morgan fingerprint density at radius 1 is 1.24 bits per heavy atom. The van der Waals surface area contributed by atoms with E-state index in [1.807, 2.05) is 18.4 Å². The largest absolute Gasteiger partial charge is 0.349 e. The van der Waals surface area contributed by atoms with Crippen molar-refractivity contribution in [3.8, 4) is 0 Å².